The first-order valence-electron chi connectivity index (χ1n) is 9.04. The number of aryl methyl sites for hydroxylation is 2. The van der Waals surface area contributed by atoms with Crippen LogP contribution in [0.1, 0.15) is 29.5 Å². The van der Waals surface area contributed by atoms with Gasteiger partial charge in [0.25, 0.3) is 0 Å². The van der Waals surface area contributed by atoms with Crippen LogP contribution < -0.4 is 0 Å². The summed E-state index contributed by atoms with van der Waals surface area (Å²) >= 11 is 7.84. The molecule has 0 radical (unpaired) electrons. The fourth-order valence-corrected chi connectivity index (χ4v) is 5.22. The average Bonchev–Trinajstić information content (AvgIpc) is 2.87. The van der Waals surface area contributed by atoms with Crippen LogP contribution in [0.15, 0.2) is 42.2 Å². The Hall–Kier alpha value is -1.91. The van der Waals surface area contributed by atoms with Crippen molar-refractivity contribution in [3.8, 4) is 11.1 Å². The lowest BCUT2D eigenvalue weighted by molar-refractivity contribution is -0.147. The summed E-state index contributed by atoms with van der Waals surface area (Å²) in [5.74, 6) is 1.44. The summed E-state index contributed by atoms with van der Waals surface area (Å²) in [7, 11) is 0. The van der Waals surface area contributed by atoms with Crippen LogP contribution in [0.5, 0.6) is 0 Å². The van der Waals surface area contributed by atoms with Crippen molar-refractivity contribution in [3.63, 3.8) is 0 Å². The second kappa shape index (κ2) is 6.92. The zero-order valence-electron chi connectivity index (χ0n) is 15.3. The smallest absolute Gasteiger partial charge is 0.343 e. The Kier molecular flexibility index (Phi) is 4.73. The number of aliphatic hydroxyl groups excluding tert-OH is 1. The highest BCUT2D eigenvalue weighted by Gasteiger charge is 2.49. The Morgan fingerprint density at radius 1 is 1.04 bits per heavy atom. The molecule has 140 valence electrons. The SMILES string of the molecule is Cc1cc(C)c(-c2ccc(Cl)cc2)cc1C1=C(O)C2(CCSCC2)OC1=O. The topological polar surface area (TPSA) is 46.5 Å². The van der Waals surface area contributed by atoms with Gasteiger partial charge in [0.2, 0.25) is 0 Å². The lowest BCUT2D eigenvalue weighted by Crippen LogP contribution is -2.36. The molecule has 2 aliphatic heterocycles. The highest BCUT2D eigenvalue weighted by molar-refractivity contribution is 7.99. The molecule has 2 heterocycles. The van der Waals surface area contributed by atoms with Crippen molar-refractivity contribution in [3.05, 3.63) is 63.9 Å². The maximum Gasteiger partial charge on any atom is 0.343 e. The van der Waals surface area contributed by atoms with Crippen LogP contribution in [0.2, 0.25) is 5.02 Å². The van der Waals surface area contributed by atoms with Crippen molar-refractivity contribution >= 4 is 34.9 Å². The first kappa shape index (κ1) is 18.5. The molecule has 0 atom stereocenters. The average molecular weight is 401 g/mol. The van der Waals surface area contributed by atoms with Crippen LogP contribution >= 0.6 is 23.4 Å². The van der Waals surface area contributed by atoms with E-state index in [0.717, 1.165) is 39.3 Å². The van der Waals surface area contributed by atoms with Gasteiger partial charge in [0, 0.05) is 17.9 Å². The molecule has 1 N–H and O–H groups in total. The molecule has 1 saturated heterocycles. The van der Waals surface area contributed by atoms with Crippen LogP contribution in [-0.2, 0) is 9.53 Å². The van der Waals surface area contributed by atoms with Crippen molar-refractivity contribution < 1.29 is 14.6 Å². The fraction of sp³-hybridized carbons (Fsp3) is 0.318. The molecule has 27 heavy (non-hydrogen) atoms. The molecule has 0 amide bonds. The number of halogens is 1. The van der Waals surface area contributed by atoms with Crippen molar-refractivity contribution in [2.75, 3.05) is 11.5 Å². The molecule has 2 aromatic rings. The summed E-state index contributed by atoms with van der Waals surface area (Å²) in [5, 5.41) is 11.7. The van der Waals surface area contributed by atoms with Crippen molar-refractivity contribution in [1.82, 2.24) is 0 Å². The molecule has 5 heteroatoms. The number of hydrogen-bond acceptors (Lipinski definition) is 4. The van der Waals surface area contributed by atoms with E-state index in [9.17, 15) is 9.90 Å². The lowest BCUT2D eigenvalue weighted by atomic mass is 9.88. The molecule has 1 fully saturated rings. The zero-order chi connectivity index (χ0) is 19.2. The van der Waals surface area contributed by atoms with E-state index in [1.54, 1.807) is 0 Å². The first-order valence-corrected chi connectivity index (χ1v) is 10.6. The van der Waals surface area contributed by atoms with E-state index in [0.29, 0.717) is 23.4 Å². The van der Waals surface area contributed by atoms with Crippen LogP contribution in [-0.4, -0.2) is 28.2 Å². The lowest BCUT2D eigenvalue weighted by Gasteiger charge is -2.31. The summed E-state index contributed by atoms with van der Waals surface area (Å²) in [6.45, 7) is 4.00. The molecule has 0 unspecified atom stereocenters. The van der Waals surface area contributed by atoms with E-state index in [1.165, 1.54) is 0 Å². The van der Waals surface area contributed by atoms with Crippen LogP contribution in [0.3, 0.4) is 0 Å². The van der Waals surface area contributed by atoms with Crippen molar-refractivity contribution in [2.24, 2.45) is 0 Å². The molecule has 0 aromatic heterocycles. The number of hydrogen-bond donors (Lipinski definition) is 1. The van der Waals surface area contributed by atoms with Gasteiger partial charge in [0.1, 0.15) is 5.57 Å². The van der Waals surface area contributed by atoms with Gasteiger partial charge in [-0.15, -0.1) is 0 Å². The molecular formula is C22H21ClO3S. The van der Waals surface area contributed by atoms with Crippen molar-refractivity contribution in [1.29, 1.82) is 0 Å². The molecule has 3 nitrogen and oxygen atoms in total. The molecular weight excluding hydrogens is 380 g/mol. The minimum Gasteiger partial charge on any atom is -0.507 e. The number of rotatable bonds is 2. The number of aliphatic hydroxyl groups is 1. The van der Waals surface area contributed by atoms with Gasteiger partial charge in [-0.05, 0) is 71.4 Å². The highest BCUT2D eigenvalue weighted by Crippen LogP contribution is 2.45. The number of carbonyl (C=O) groups is 1. The number of benzene rings is 2. The molecule has 0 aliphatic carbocycles. The normalized spacial score (nSPS) is 18.9. The summed E-state index contributed by atoms with van der Waals surface area (Å²) in [4.78, 5) is 12.7. The van der Waals surface area contributed by atoms with Gasteiger partial charge in [0.15, 0.2) is 11.4 Å². The third kappa shape index (κ3) is 3.15. The summed E-state index contributed by atoms with van der Waals surface area (Å²) < 4.78 is 5.72. The standard InChI is InChI=1S/C22H21ClO3S/c1-13-11-14(2)18(12-17(13)15-3-5-16(23)6-4-15)19-20(24)22(26-21(19)25)7-9-27-10-8-22/h3-6,11-12,24H,7-10H2,1-2H3. The van der Waals surface area contributed by atoms with Gasteiger partial charge < -0.3 is 9.84 Å². The minimum absolute atomic E-state index is 0.0989. The van der Waals surface area contributed by atoms with Gasteiger partial charge in [-0.1, -0.05) is 29.8 Å². The number of ether oxygens (including phenoxy) is 1. The third-order valence-corrected chi connectivity index (χ3v) is 6.69. The second-order valence-corrected chi connectivity index (χ2v) is 8.87. The van der Waals surface area contributed by atoms with Crippen LogP contribution in [0.25, 0.3) is 16.7 Å². The molecule has 0 bridgehead atoms. The highest BCUT2D eigenvalue weighted by atomic mass is 35.5. The molecule has 0 saturated carbocycles. The summed E-state index contributed by atoms with van der Waals surface area (Å²) in [6.07, 6.45) is 1.32. The van der Waals surface area contributed by atoms with Gasteiger partial charge in [0.05, 0.1) is 0 Å². The molecule has 4 rings (SSSR count). The Balaban J connectivity index is 1.85. The number of thioether (sulfide) groups is 1. The van der Waals surface area contributed by atoms with Gasteiger partial charge in [-0.3, -0.25) is 0 Å². The fourth-order valence-electron chi connectivity index (χ4n) is 3.94. The Morgan fingerprint density at radius 3 is 2.33 bits per heavy atom. The third-order valence-electron chi connectivity index (χ3n) is 5.46. The van der Waals surface area contributed by atoms with Crippen LogP contribution in [0.4, 0.5) is 0 Å². The van der Waals surface area contributed by atoms with E-state index in [2.05, 4.69) is 6.07 Å². The van der Waals surface area contributed by atoms with Gasteiger partial charge >= 0.3 is 5.97 Å². The Bertz CT molecular complexity index is 941. The first-order chi connectivity index (χ1) is 12.9. The summed E-state index contributed by atoms with van der Waals surface area (Å²) in [6, 6.07) is 11.7. The van der Waals surface area contributed by atoms with E-state index in [-0.39, 0.29) is 5.76 Å². The monoisotopic (exact) mass is 400 g/mol. The number of esters is 1. The Morgan fingerprint density at radius 2 is 1.67 bits per heavy atom. The molecule has 2 aliphatic rings. The van der Waals surface area contributed by atoms with Gasteiger partial charge in [-0.2, -0.15) is 11.8 Å². The molecule has 2 aromatic carbocycles. The predicted molar refractivity (Wildman–Crippen MR) is 111 cm³/mol. The van der Waals surface area contributed by atoms with Crippen LogP contribution in [0, 0.1) is 13.8 Å². The van der Waals surface area contributed by atoms with Crippen molar-refractivity contribution in [2.45, 2.75) is 32.3 Å². The number of carbonyl (C=O) groups excluding carboxylic acids is 1. The molecule has 1 spiro atoms. The Labute approximate surface area is 168 Å². The predicted octanol–water partition coefficient (Wildman–Crippen LogP) is 5.72. The maximum atomic E-state index is 12.7. The van der Waals surface area contributed by atoms with E-state index in [1.807, 2.05) is 55.9 Å². The van der Waals surface area contributed by atoms with Gasteiger partial charge in [-0.25, -0.2) is 4.79 Å². The largest absolute Gasteiger partial charge is 0.507 e. The summed E-state index contributed by atoms with van der Waals surface area (Å²) in [5.41, 5.74) is 4.31. The maximum absolute atomic E-state index is 12.7. The zero-order valence-corrected chi connectivity index (χ0v) is 16.9. The second-order valence-electron chi connectivity index (χ2n) is 7.21. The minimum atomic E-state index is -0.838. The quantitative estimate of drug-likeness (QED) is 0.655. The van der Waals surface area contributed by atoms with E-state index in [4.69, 9.17) is 16.3 Å². The van der Waals surface area contributed by atoms with E-state index >= 15 is 0 Å². The van der Waals surface area contributed by atoms with E-state index < -0.39 is 11.6 Å².